The van der Waals surface area contributed by atoms with Gasteiger partial charge in [-0.05, 0) is 23.0 Å². The first-order valence-corrected chi connectivity index (χ1v) is 9.94. The van der Waals surface area contributed by atoms with Crippen LogP contribution in [-0.4, -0.2) is 39.5 Å². The third-order valence-corrected chi connectivity index (χ3v) is 8.66. The van der Waals surface area contributed by atoms with E-state index in [-0.39, 0.29) is 0 Å². The van der Waals surface area contributed by atoms with Crippen molar-refractivity contribution in [3.05, 3.63) is 0 Å². The monoisotopic (exact) mass is 317 g/mol. The van der Waals surface area contributed by atoms with Crippen LogP contribution in [0.2, 0.25) is 18.1 Å². The lowest BCUT2D eigenvalue weighted by Gasteiger charge is -2.39. The molecule has 1 rings (SSSR count). The molecule has 1 aliphatic heterocycles. The summed E-state index contributed by atoms with van der Waals surface area (Å²) < 4.78 is 6.15. The van der Waals surface area contributed by atoms with Crippen LogP contribution < -0.4 is 0 Å². The maximum Gasteiger partial charge on any atom is 0.192 e. The van der Waals surface area contributed by atoms with E-state index < -0.39 is 8.32 Å². The zero-order valence-corrected chi connectivity index (χ0v) is 14.2. The highest BCUT2D eigenvalue weighted by atomic mass is 79.9. The van der Waals surface area contributed by atoms with Crippen molar-refractivity contribution in [3.63, 3.8) is 0 Å². The predicted octanol–water partition coefficient (Wildman–Crippen LogP) is 3.30. The maximum atomic E-state index is 6.15. The molecule has 0 aliphatic carbocycles. The molecule has 0 unspecified atom stereocenters. The second kappa shape index (κ2) is 5.88. The van der Waals surface area contributed by atoms with Crippen molar-refractivity contribution in [2.75, 3.05) is 26.2 Å². The maximum absolute atomic E-state index is 6.15. The minimum Gasteiger partial charge on any atom is -0.416 e. The molecule has 0 saturated carbocycles. The van der Waals surface area contributed by atoms with Crippen molar-refractivity contribution >= 4 is 24.2 Å². The van der Waals surface area contributed by atoms with Gasteiger partial charge in [0.05, 0.1) is 0 Å². The minimum atomic E-state index is -1.55. The summed E-state index contributed by atoms with van der Waals surface area (Å²) in [5.41, 5.74) is 0. The molecule has 0 atom stereocenters. The Morgan fingerprint density at radius 1 is 1.35 bits per heavy atom. The van der Waals surface area contributed by atoms with Crippen molar-refractivity contribution in [3.8, 4) is 10.8 Å². The zero-order valence-electron chi connectivity index (χ0n) is 11.6. The van der Waals surface area contributed by atoms with E-state index in [9.17, 15) is 0 Å². The van der Waals surface area contributed by atoms with Crippen LogP contribution in [0.4, 0.5) is 0 Å². The van der Waals surface area contributed by atoms with E-state index >= 15 is 0 Å². The van der Waals surface area contributed by atoms with E-state index in [0.29, 0.717) is 11.0 Å². The smallest absolute Gasteiger partial charge is 0.192 e. The molecular weight excluding hydrogens is 294 g/mol. The van der Waals surface area contributed by atoms with Gasteiger partial charge in [0.1, 0.15) is 0 Å². The first-order valence-electron chi connectivity index (χ1n) is 6.24. The molecule has 0 bridgehead atoms. The van der Waals surface area contributed by atoms with Gasteiger partial charge < -0.3 is 4.43 Å². The highest BCUT2D eigenvalue weighted by Crippen LogP contribution is 2.36. The molecule has 0 amide bonds. The third kappa shape index (κ3) is 4.40. The Balaban J connectivity index is 2.19. The molecule has 17 heavy (non-hydrogen) atoms. The van der Waals surface area contributed by atoms with E-state index in [0.717, 1.165) is 26.2 Å². The van der Waals surface area contributed by atoms with Gasteiger partial charge in [0.2, 0.25) is 0 Å². The van der Waals surface area contributed by atoms with Crippen LogP contribution in [0.25, 0.3) is 0 Å². The summed E-state index contributed by atoms with van der Waals surface area (Å²) >= 11 is 3.15. The van der Waals surface area contributed by atoms with Crippen LogP contribution in [0.15, 0.2) is 0 Å². The van der Waals surface area contributed by atoms with Crippen molar-refractivity contribution < 1.29 is 4.43 Å². The number of likely N-dealkylation sites (tertiary alicyclic amines) is 1. The minimum absolute atomic E-state index is 0.311. The Morgan fingerprint density at radius 3 is 2.41 bits per heavy atom. The van der Waals surface area contributed by atoms with Crippen LogP contribution >= 0.6 is 15.9 Å². The summed E-state index contributed by atoms with van der Waals surface area (Å²) in [5.74, 6) is 3.69. The van der Waals surface area contributed by atoms with Crippen molar-refractivity contribution in [1.82, 2.24) is 4.90 Å². The highest BCUT2D eigenvalue weighted by Gasteiger charge is 2.37. The van der Waals surface area contributed by atoms with E-state index in [4.69, 9.17) is 4.43 Å². The Kier molecular flexibility index (Phi) is 5.27. The second-order valence-corrected chi connectivity index (χ2v) is 11.5. The number of hydrogen-bond donors (Lipinski definition) is 0. The number of rotatable bonds is 4. The molecule has 0 aromatic rings. The Morgan fingerprint density at radius 2 is 1.94 bits per heavy atom. The quantitative estimate of drug-likeness (QED) is 0.582. The summed E-state index contributed by atoms with van der Waals surface area (Å²) in [4.78, 5) is 5.21. The van der Waals surface area contributed by atoms with Gasteiger partial charge in [0.15, 0.2) is 8.32 Å². The fourth-order valence-corrected chi connectivity index (χ4v) is 2.93. The molecular formula is C13H24BrNOSi. The van der Waals surface area contributed by atoms with Crippen LogP contribution in [0.1, 0.15) is 20.8 Å². The zero-order chi connectivity index (χ0) is 13.1. The molecule has 1 aliphatic rings. The lowest BCUT2D eigenvalue weighted by atomic mass is 10.0. The lowest BCUT2D eigenvalue weighted by molar-refractivity contribution is 0.109. The summed E-state index contributed by atoms with van der Waals surface area (Å²) in [6.45, 7) is 15.6. The fraction of sp³-hybridized carbons (Fsp3) is 0.846. The van der Waals surface area contributed by atoms with Crippen molar-refractivity contribution in [2.24, 2.45) is 5.92 Å². The van der Waals surface area contributed by atoms with Crippen molar-refractivity contribution in [2.45, 2.75) is 38.9 Å². The molecule has 0 aromatic carbocycles. The van der Waals surface area contributed by atoms with E-state index in [1.54, 1.807) is 0 Å². The Bertz CT molecular complexity index is 308. The molecule has 0 radical (unpaired) electrons. The SMILES string of the molecule is CC(C)(C)[Si](C)(C)OCCN1CC(C#CBr)C1. The van der Waals surface area contributed by atoms with Gasteiger partial charge in [-0.25, -0.2) is 0 Å². The van der Waals surface area contributed by atoms with Gasteiger partial charge in [0.25, 0.3) is 0 Å². The van der Waals surface area contributed by atoms with E-state index in [1.165, 1.54) is 0 Å². The molecule has 1 fully saturated rings. The largest absolute Gasteiger partial charge is 0.416 e. The highest BCUT2D eigenvalue weighted by molar-refractivity contribution is 9.12. The number of nitrogens with zero attached hydrogens (tertiary/aromatic N) is 1. The predicted molar refractivity (Wildman–Crippen MR) is 79.8 cm³/mol. The van der Waals surface area contributed by atoms with Crippen LogP contribution in [0, 0.1) is 16.7 Å². The summed E-state index contributed by atoms with van der Waals surface area (Å²) in [6, 6.07) is 0. The van der Waals surface area contributed by atoms with Gasteiger partial charge in [-0.1, -0.05) is 26.7 Å². The summed E-state index contributed by atoms with van der Waals surface area (Å²) in [7, 11) is -1.55. The first-order chi connectivity index (χ1) is 7.76. The van der Waals surface area contributed by atoms with Gasteiger partial charge in [-0.15, -0.1) is 0 Å². The topological polar surface area (TPSA) is 12.5 Å². The molecule has 1 heterocycles. The van der Waals surface area contributed by atoms with Gasteiger partial charge >= 0.3 is 0 Å². The average Bonchev–Trinajstić information content (AvgIpc) is 2.11. The standard InChI is InChI=1S/C13H24BrNOSi/c1-13(2,3)17(4,5)16-9-8-15-10-12(11-15)6-7-14/h12H,8-11H2,1-5H3. The van der Waals surface area contributed by atoms with Gasteiger partial charge in [0, 0.05) is 48.1 Å². The molecule has 2 nitrogen and oxygen atoms in total. The first kappa shape index (κ1) is 15.2. The second-order valence-electron chi connectivity index (χ2n) is 6.30. The molecule has 0 spiro atoms. The Labute approximate surface area is 115 Å². The average molecular weight is 318 g/mol. The fourth-order valence-electron chi connectivity index (χ4n) is 1.57. The summed E-state index contributed by atoms with van der Waals surface area (Å²) in [5, 5.41) is 0.311. The Hall–Kier alpha value is 0.177. The lowest BCUT2D eigenvalue weighted by Crippen LogP contribution is -2.49. The molecule has 4 heteroatoms. The molecule has 98 valence electrons. The van der Waals surface area contributed by atoms with Crippen LogP contribution in [0.5, 0.6) is 0 Å². The molecule has 0 aromatic heterocycles. The molecule has 1 saturated heterocycles. The number of halogens is 1. The van der Waals surface area contributed by atoms with E-state index in [2.05, 4.69) is 65.4 Å². The van der Waals surface area contributed by atoms with Gasteiger partial charge in [-0.3, -0.25) is 4.90 Å². The molecule has 0 N–H and O–H groups in total. The van der Waals surface area contributed by atoms with Gasteiger partial charge in [-0.2, -0.15) is 0 Å². The normalized spacial score (nSPS) is 18.5. The van der Waals surface area contributed by atoms with Crippen molar-refractivity contribution in [1.29, 1.82) is 0 Å². The third-order valence-electron chi connectivity index (χ3n) is 3.89. The summed E-state index contributed by atoms with van der Waals surface area (Å²) in [6.07, 6.45) is 0. The van der Waals surface area contributed by atoms with Crippen LogP contribution in [0.3, 0.4) is 0 Å². The van der Waals surface area contributed by atoms with Crippen LogP contribution in [-0.2, 0) is 4.43 Å². The van der Waals surface area contributed by atoms with E-state index in [1.807, 2.05) is 0 Å². The number of hydrogen-bond acceptors (Lipinski definition) is 2.